The van der Waals surface area contributed by atoms with Gasteiger partial charge < -0.3 is 50.9 Å². The van der Waals surface area contributed by atoms with Gasteiger partial charge in [-0.05, 0) is 45.5 Å². The molecule has 7 amide bonds. The predicted octanol–water partition coefficient (Wildman–Crippen LogP) is 2.92. The molecule has 0 aliphatic heterocycles. The van der Waals surface area contributed by atoms with Crippen molar-refractivity contribution in [2.24, 2.45) is 0 Å². The minimum Gasteiger partial charge on any atom is -0.483 e. The molecule has 4 N–H and O–H groups in total. The number of carbonyl (C=O) groups is 5. The molecule has 0 heterocycles. The molecule has 0 atom stereocenters. The maximum Gasteiger partial charge on any atom is 0.412 e. The van der Waals surface area contributed by atoms with Crippen molar-refractivity contribution in [1.82, 2.24) is 26.2 Å². The zero-order valence-electron chi connectivity index (χ0n) is 23.1. The Morgan fingerprint density at radius 1 is 0.513 bits per heavy atom. The quantitative estimate of drug-likeness (QED) is 0.0983. The van der Waals surface area contributed by atoms with Crippen LogP contribution in [0.1, 0.15) is 51.4 Å². The Hall–Kier alpha value is -6.25. The van der Waals surface area contributed by atoms with Crippen molar-refractivity contribution in [2.75, 3.05) is 46.0 Å². The Kier molecular flexibility index (Phi) is 27.0. The van der Waals surface area contributed by atoms with Crippen molar-refractivity contribution in [3.8, 4) is 0 Å². The van der Waals surface area contributed by atoms with Gasteiger partial charge in [0.2, 0.25) is 0 Å². The van der Waals surface area contributed by atoms with E-state index in [4.69, 9.17) is 0 Å². The van der Waals surface area contributed by atoms with Crippen LogP contribution in [-0.4, -0.2) is 81.2 Å². The number of urea groups is 2. The molecule has 0 aliphatic carbocycles. The molecule has 0 aliphatic rings. The molecule has 13 nitrogen and oxygen atoms in total. The molecule has 39 heavy (non-hydrogen) atoms. The average molecular weight is 1320 g/mol. The second-order valence-electron chi connectivity index (χ2n) is 7.40. The van der Waals surface area contributed by atoms with Crippen LogP contribution in [0.25, 0.3) is 0 Å². The summed E-state index contributed by atoms with van der Waals surface area (Å²) in [5, 5.41) is 9.86. The molecule has 0 aromatic heterocycles. The van der Waals surface area contributed by atoms with Gasteiger partial charge in [0, 0.05) is 26.2 Å². The van der Waals surface area contributed by atoms with E-state index < -0.39 is 30.3 Å². The van der Waals surface area contributed by atoms with Gasteiger partial charge in [-0.15, -0.1) is 0 Å². The van der Waals surface area contributed by atoms with Gasteiger partial charge in [-0.1, -0.05) is 25.7 Å². The Bertz CT molecular complexity index is 678. The van der Waals surface area contributed by atoms with Gasteiger partial charge in [-0.2, -0.15) is 0 Å². The van der Waals surface area contributed by atoms with Crippen LogP contribution in [-0.2, 0) is 14.2 Å². The number of nitrogens with zero attached hydrogens (tertiary/aromatic N) is 1. The van der Waals surface area contributed by atoms with Crippen LogP contribution in [0.5, 0.6) is 0 Å². The van der Waals surface area contributed by atoms with Gasteiger partial charge in [0.15, 0.2) is 0 Å². The van der Waals surface area contributed by atoms with E-state index in [1.807, 2.05) is 5.32 Å². The molecule has 0 radical (unpaired) electrons. The molecule has 0 aromatic rings. The van der Waals surface area contributed by atoms with Crippen LogP contribution in [0.4, 0.5) is 24.0 Å². The number of alkyl carbamates (subject to hydrolysis) is 3. The third-order valence-electron chi connectivity index (χ3n) is 4.63. The summed E-state index contributed by atoms with van der Waals surface area (Å²) in [5.41, 5.74) is 0. The SMILES string of the molecule is [CH2-]COC(=O)NCCCCCCNC(=O)N(CCCCCCNC(=O)OC[CH2-])C(=O)NC(=O)OC[CH2-].[Rf].[Rf].[Rf]. The van der Waals surface area contributed by atoms with Gasteiger partial charge in [-0.25, -0.2) is 34.2 Å². The molecule has 0 spiro atoms. The fraction of sp³-hybridized carbons (Fsp3) is 0.652. The van der Waals surface area contributed by atoms with Gasteiger partial charge in [0.05, 0.1) is 0 Å². The fourth-order valence-electron chi connectivity index (χ4n) is 2.89. The maximum atomic E-state index is 12.6. The third-order valence-corrected chi connectivity index (χ3v) is 4.63. The molecule has 0 rings (SSSR count). The molecular formula is C23H40N5O8Rf3-3. The van der Waals surface area contributed by atoms with Crippen LogP contribution in [0.15, 0.2) is 0 Å². The average Bonchev–Trinajstić information content (AvgIpc) is 2.82. The summed E-state index contributed by atoms with van der Waals surface area (Å²) in [4.78, 5) is 59.8. The van der Waals surface area contributed by atoms with Crippen molar-refractivity contribution in [1.29, 1.82) is 0 Å². The minimum atomic E-state index is -0.985. The molecule has 0 bridgehead atoms. The van der Waals surface area contributed by atoms with E-state index in [1.165, 1.54) is 0 Å². The smallest absolute Gasteiger partial charge is 0.412 e. The fourth-order valence-corrected chi connectivity index (χ4v) is 2.89. The number of ether oxygens (including phenoxy) is 3. The van der Waals surface area contributed by atoms with Crippen LogP contribution >= 0.6 is 0 Å². The van der Waals surface area contributed by atoms with Gasteiger partial charge in [0.1, 0.15) is 0 Å². The number of hydrogen-bond donors (Lipinski definition) is 4. The topological polar surface area (TPSA) is 164 Å². The summed E-state index contributed by atoms with van der Waals surface area (Å²) < 4.78 is 13.9. The van der Waals surface area contributed by atoms with E-state index in [0.29, 0.717) is 45.3 Å². The Morgan fingerprint density at radius 2 is 0.897 bits per heavy atom. The molecule has 0 saturated carbocycles. The van der Waals surface area contributed by atoms with Crippen LogP contribution in [0.3, 0.4) is 0 Å². The van der Waals surface area contributed by atoms with E-state index in [-0.39, 0.29) is 26.4 Å². The van der Waals surface area contributed by atoms with Crippen molar-refractivity contribution >= 4 is 30.3 Å². The van der Waals surface area contributed by atoms with Gasteiger partial charge in [-0.3, -0.25) is 0 Å². The van der Waals surface area contributed by atoms with Crippen LogP contribution in [0, 0.1) is 20.8 Å². The standard InChI is InChI=1S/C23H40N5O8.3Rf/c1-4-34-21(31)25-16-12-8-7-11-15-24-19(29)28(20(30)27-23(33)36-6-3)18-14-10-9-13-17-26-22(32)35-5-2;;;/h1-18H2,(H,24,29)(H,25,31)(H,26,32)(H,27,30,33);;;/q-3;;;. The first-order chi connectivity index (χ1) is 17.3. The van der Waals surface area contributed by atoms with Crippen LogP contribution < -0.4 is 21.3 Å². The Labute approximate surface area is 213 Å². The van der Waals surface area contributed by atoms with Crippen molar-refractivity contribution < 1.29 is 38.2 Å². The summed E-state index contributed by atoms with van der Waals surface area (Å²) in [7, 11) is 0. The third kappa shape index (κ3) is 22.0. The number of nitrogens with one attached hydrogen (secondary N) is 4. The first kappa shape index (κ1) is 39.9. The Morgan fingerprint density at radius 3 is 1.33 bits per heavy atom. The first-order valence-corrected chi connectivity index (χ1v) is 12.1. The largest absolute Gasteiger partial charge is 0.483 e. The van der Waals surface area contributed by atoms with Crippen molar-refractivity contribution in [3.63, 3.8) is 0 Å². The van der Waals surface area contributed by atoms with Crippen molar-refractivity contribution in [2.45, 2.75) is 51.4 Å². The number of rotatable bonds is 17. The Balaban J connectivity index is -0.00000204. The molecular weight excluding hydrogens is 1280 g/mol. The molecule has 0 fully saturated rings. The zero-order chi connectivity index (χ0) is 27.0. The second-order valence-corrected chi connectivity index (χ2v) is 7.40. The second kappa shape index (κ2) is 26.4. The number of imide groups is 2. The molecule has 16 heteroatoms. The maximum absolute atomic E-state index is 12.6. The summed E-state index contributed by atoms with van der Waals surface area (Å²) >= 11 is 0. The zero-order valence-corrected chi connectivity index (χ0v) is 42.3. The first-order valence-electron chi connectivity index (χ1n) is 12.1. The van der Waals surface area contributed by atoms with Gasteiger partial charge in [0.25, 0.3) is 0 Å². The number of amides is 7. The summed E-state index contributed by atoms with van der Waals surface area (Å²) in [5.74, 6) is 0. The molecule has 0 unspecified atom stereocenters. The number of hydrogen-bond acceptors (Lipinski definition) is 8. The summed E-state index contributed by atoms with van der Waals surface area (Å²) in [6.07, 6.45) is 3.74. The van der Waals surface area contributed by atoms with Crippen LogP contribution in [0.2, 0.25) is 0 Å². The number of unbranched alkanes of at least 4 members (excludes halogenated alkanes) is 6. The normalized spacial score (nSPS) is 9.31. The van der Waals surface area contributed by atoms with E-state index in [2.05, 4.69) is 50.9 Å². The van der Waals surface area contributed by atoms with E-state index in [0.717, 1.165) is 30.6 Å². The summed E-state index contributed by atoms with van der Waals surface area (Å²) in [6.45, 7) is 11.5. The van der Waals surface area contributed by atoms with Gasteiger partial charge >= 0.3 is 30.3 Å². The molecule has 0 saturated heterocycles. The van der Waals surface area contributed by atoms with E-state index in [9.17, 15) is 24.0 Å². The van der Waals surface area contributed by atoms with E-state index >= 15 is 0 Å². The van der Waals surface area contributed by atoms with E-state index in [1.54, 1.807) is 0 Å². The monoisotopic (exact) mass is 1320 g/mol. The predicted molar refractivity (Wildman–Crippen MR) is 132 cm³/mol. The molecule has 0 aromatic carbocycles. The summed E-state index contributed by atoms with van der Waals surface area (Å²) in [6, 6.07) is -1.51. The molecule has 214 valence electrons. The number of carbonyl (C=O) groups excluding carboxylic acids is 5. The minimum absolute atomic E-state index is 0. The van der Waals surface area contributed by atoms with Crippen molar-refractivity contribution in [3.05, 3.63) is 20.8 Å².